The average Bonchev–Trinajstić information content (AvgIpc) is 2.44. The zero-order valence-corrected chi connectivity index (χ0v) is 14.2. The summed E-state index contributed by atoms with van der Waals surface area (Å²) in [6, 6.07) is 5.35. The topological polar surface area (TPSA) is 15.3 Å². The van der Waals surface area contributed by atoms with Crippen molar-refractivity contribution in [2.24, 2.45) is 0 Å². The molecule has 0 spiro atoms. The van der Waals surface area contributed by atoms with Gasteiger partial charge < -0.3 is 5.32 Å². The highest BCUT2D eigenvalue weighted by Crippen LogP contribution is 2.29. The first kappa shape index (κ1) is 20.7. The summed E-state index contributed by atoms with van der Waals surface area (Å²) in [5, 5.41) is 3.55. The minimum Gasteiger partial charge on any atom is -0.314 e. The maximum atomic E-state index is 13.3. The van der Waals surface area contributed by atoms with E-state index in [2.05, 4.69) is 16.8 Å². The number of piperazine rings is 1. The van der Waals surface area contributed by atoms with Crippen LogP contribution < -0.4 is 5.32 Å². The molecule has 6 heteroatoms. The van der Waals surface area contributed by atoms with Gasteiger partial charge in [0.2, 0.25) is 0 Å². The Morgan fingerprint density at radius 3 is 2.57 bits per heavy atom. The van der Waals surface area contributed by atoms with Crippen LogP contribution in [0.4, 0.5) is 4.39 Å². The van der Waals surface area contributed by atoms with Crippen LogP contribution in [0.2, 0.25) is 5.02 Å². The van der Waals surface area contributed by atoms with Gasteiger partial charge in [-0.3, -0.25) is 4.90 Å². The molecule has 0 unspecified atom stereocenters. The maximum Gasteiger partial charge on any atom is 0.141 e. The van der Waals surface area contributed by atoms with Crippen LogP contribution in [0.1, 0.15) is 24.4 Å². The number of rotatable bonds is 5. The summed E-state index contributed by atoms with van der Waals surface area (Å²) in [6.07, 6.45) is 3.87. The van der Waals surface area contributed by atoms with Crippen molar-refractivity contribution in [3.63, 3.8) is 0 Å². The van der Waals surface area contributed by atoms with Crippen LogP contribution in [-0.2, 0) is 0 Å². The molecule has 0 saturated carbocycles. The molecule has 1 saturated heterocycles. The van der Waals surface area contributed by atoms with E-state index in [1.54, 1.807) is 6.07 Å². The average molecular weight is 356 g/mol. The number of nitrogens with one attached hydrogen (secondary N) is 1. The lowest BCUT2D eigenvalue weighted by atomic mass is 9.99. The van der Waals surface area contributed by atoms with Crippen LogP contribution in [0.25, 0.3) is 0 Å². The van der Waals surface area contributed by atoms with E-state index in [0.29, 0.717) is 0 Å². The van der Waals surface area contributed by atoms with Crippen LogP contribution in [0, 0.1) is 5.82 Å². The number of nitrogens with zero attached hydrogens (tertiary/aromatic N) is 1. The Bertz CT molecular complexity index is 437. The summed E-state index contributed by atoms with van der Waals surface area (Å²) >= 11 is 5.90. The molecular weight excluding hydrogens is 334 g/mol. The van der Waals surface area contributed by atoms with Crippen molar-refractivity contribution in [1.29, 1.82) is 0 Å². The van der Waals surface area contributed by atoms with Crippen molar-refractivity contribution < 1.29 is 4.39 Å². The number of hydrogen-bond acceptors (Lipinski definition) is 2. The molecule has 1 aromatic rings. The molecule has 0 bridgehead atoms. The second kappa shape index (κ2) is 10.4. The lowest BCUT2D eigenvalue weighted by molar-refractivity contribution is 0.166. The molecule has 0 aliphatic carbocycles. The Kier molecular flexibility index (Phi) is 10.3. The molecule has 1 aliphatic rings. The van der Waals surface area contributed by atoms with Crippen LogP contribution in [0.5, 0.6) is 0 Å². The first-order chi connectivity index (χ1) is 9.22. The molecule has 1 aliphatic heterocycles. The smallest absolute Gasteiger partial charge is 0.141 e. The molecule has 1 heterocycles. The summed E-state index contributed by atoms with van der Waals surface area (Å²) in [5.74, 6) is -0.354. The van der Waals surface area contributed by atoms with Crippen molar-refractivity contribution in [1.82, 2.24) is 10.2 Å². The van der Waals surface area contributed by atoms with Crippen LogP contribution in [-0.4, -0.2) is 31.1 Å². The third-order valence-electron chi connectivity index (χ3n) is 3.57. The second-order valence-electron chi connectivity index (χ2n) is 4.84. The zero-order valence-electron chi connectivity index (χ0n) is 11.9. The lowest BCUT2D eigenvalue weighted by Gasteiger charge is -2.35. The highest BCUT2D eigenvalue weighted by atomic mass is 35.5. The molecule has 0 aromatic heterocycles. The predicted octanol–water partition coefficient (Wildman–Crippen LogP) is 4.24. The third kappa shape index (κ3) is 5.76. The van der Waals surface area contributed by atoms with E-state index in [4.69, 9.17) is 11.6 Å². The summed E-state index contributed by atoms with van der Waals surface area (Å²) in [7, 11) is 0. The van der Waals surface area contributed by atoms with Crippen LogP contribution in [0.3, 0.4) is 0 Å². The number of halogens is 4. The van der Waals surface area contributed by atoms with Gasteiger partial charge in [0, 0.05) is 32.2 Å². The van der Waals surface area contributed by atoms with Gasteiger partial charge in [0.05, 0.1) is 5.02 Å². The number of allylic oxidation sites excluding steroid dienone is 1. The Morgan fingerprint density at radius 1 is 1.33 bits per heavy atom. The fourth-order valence-corrected chi connectivity index (χ4v) is 2.74. The van der Waals surface area contributed by atoms with Gasteiger partial charge in [0.15, 0.2) is 0 Å². The third-order valence-corrected chi connectivity index (χ3v) is 3.85. The van der Waals surface area contributed by atoms with E-state index in [1.807, 2.05) is 12.1 Å². The van der Waals surface area contributed by atoms with Gasteiger partial charge in [-0.15, -0.1) is 31.4 Å². The quantitative estimate of drug-likeness (QED) is 0.795. The minimum absolute atomic E-state index is 0. The minimum atomic E-state index is -0.354. The SMILES string of the molecule is C=CCC[C@H](c1ccc(F)c(Cl)c1)N1CCNCC1.Cl.Cl. The molecule has 21 heavy (non-hydrogen) atoms. The van der Waals surface area contributed by atoms with E-state index in [-0.39, 0.29) is 41.7 Å². The largest absolute Gasteiger partial charge is 0.314 e. The first-order valence-electron chi connectivity index (χ1n) is 6.73. The van der Waals surface area contributed by atoms with E-state index in [9.17, 15) is 4.39 Å². The Labute approximate surface area is 143 Å². The molecular formula is C15H22Cl3FN2. The summed E-state index contributed by atoms with van der Waals surface area (Å²) in [5.41, 5.74) is 1.09. The monoisotopic (exact) mass is 354 g/mol. The molecule has 1 N–H and O–H groups in total. The Hall–Kier alpha value is -0.320. The zero-order chi connectivity index (χ0) is 13.7. The van der Waals surface area contributed by atoms with Gasteiger partial charge in [0.25, 0.3) is 0 Å². The highest BCUT2D eigenvalue weighted by Gasteiger charge is 2.22. The van der Waals surface area contributed by atoms with Crippen molar-refractivity contribution in [2.45, 2.75) is 18.9 Å². The van der Waals surface area contributed by atoms with E-state index >= 15 is 0 Å². The fraction of sp³-hybridized carbons (Fsp3) is 0.467. The molecule has 2 nitrogen and oxygen atoms in total. The molecule has 120 valence electrons. The molecule has 1 atom stereocenters. The molecule has 0 amide bonds. The van der Waals surface area contributed by atoms with Crippen molar-refractivity contribution in [3.8, 4) is 0 Å². The molecule has 1 fully saturated rings. The fourth-order valence-electron chi connectivity index (χ4n) is 2.55. The molecule has 0 radical (unpaired) electrons. The molecule has 2 rings (SSSR count). The molecule has 1 aromatic carbocycles. The normalized spacial score (nSPS) is 16.5. The van der Waals surface area contributed by atoms with Gasteiger partial charge >= 0.3 is 0 Å². The Morgan fingerprint density at radius 2 is 2.00 bits per heavy atom. The summed E-state index contributed by atoms with van der Waals surface area (Å²) in [4.78, 5) is 2.43. The van der Waals surface area contributed by atoms with E-state index in [1.165, 1.54) is 6.07 Å². The maximum absolute atomic E-state index is 13.3. The van der Waals surface area contributed by atoms with Crippen molar-refractivity contribution >= 4 is 36.4 Å². The van der Waals surface area contributed by atoms with Crippen LogP contribution in [0.15, 0.2) is 30.9 Å². The van der Waals surface area contributed by atoms with E-state index in [0.717, 1.165) is 44.6 Å². The van der Waals surface area contributed by atoms with Gasteiger partial charge in [-0.05, 0) is 30.5 Å². The first-order valence-corrected chi connectivity index (χ1v) is 7.11. The van der Waals surface area contributed by atoms with Gasteiger partial charge in [-0.25, -0.2) is 4.39 Å². The standard InChI is InChI=1S/C15H20ClFN2.2ClH/c1-2-3-4-15(19-9-7-18-8-10-19)12-5-6-14(17)13(16)11-12;;/h2,5-6,11,15,18H,1,3-4,7-10H2;2*1H/t15-;;/m1../s1. The summed E-state index contributed by atoms with van der Waals surface area (Å²) < 4.78 is 13.3. The predicted molar refractivity (Wildman–Crippen MR) is 92.5 cm³/mol. The Balaban J connectivity index is 0.00000200. The van der Waals surface area contributed by atoms with Gasteiger partial charge in [-0.2, -0.15) is 0 Å². The van der Waals surface area contributed by atoms with Gasteiger partial charge in [0.1, 0.15) is 5.82 Å². The lowest BCUT2D eigenvalue weighted by Crippen LogP contribution is -2.45. The van der Waals surface area contributed by atoms with Crippen molar-refractivity contribution in [3.05, 3.63) is 47.3 Å². The van der Waals surface area contributed by atoms with E-state index < -0.39 is 0 Å². The van der Waals surface area contributed by atoms with Gasteiger partial charge in [-0.1, -0.05) is 23.7 Å². The second-order valence-corrected chi connectivity index (χ2v) is 5.25. The number of benzene rings is 1. The number of hydrogen-bond donors (Lipinski definition) is 1. The van der Waals surface area contributed by atoms with Crippen molar-refractivity contribution in [2.75, 3.05) is 26.2 Å². The highest BCUT2D eigenvalue weighted by molar-refractivity contribution is 6.30. The van der Waals surface area contributed by atoms with Crippen LogP contribution >= 0.6 is 36.4 Å². The summed E-state index contributed by atoms with van der Waals surface area (Å²) in [6.45, 7) is 7.81.